The Morgan fingerprint density at radius 3 is 2.70 bits per heavy atom. The van der Waals surface area contributed by atoms with Crippen molar-refractivity contribution >= 4 is 17.8 Å². The number of nitrogens with zero attached hydrogens (tertiary/aromatic N) is 1. The van der Waals surface area contributed by atoms with Gasteiger partial charge in [-0.05, 0) is 31.1 Å². The summed E-state index contributed by atoms with van der Waals surface area (Å²) in [6, 6.07) is 6.30. The van der Waals surface area contributed by atoms with Gasteiger partial charge in [-0.15, -0.1) is 0 Å². The molecular weight excluding hydrogens is 254 g/mol. The second kappa shape index (κ2) is 6.19. The van der Waals surface area contributed by atoms with E-state index in [-0.39, 0.29) is 5.75 Å². The highest BCUT2D eigenvalue weighted by Gasteiger charge is 2.15. The molecule has 0 aromatic heterocycles. The summed E-state index contributed by atoms with van der Waals surface area (Å²) < 4.78 is 0. The van der Waals surface area contributed by atoms with Crippen LogP contribution in [0.4, 0.5) is 0 Å². The quantitative estimate of drug-likeness (QED) is 0.830. The molecule has 1 atom stereocenters. The molecule has 4 heteroatoms. The lowest BCUT2D eigenvalue weighted by molar-refractivity contribution is -0.137. The van der Waals surface area contributed by atoms with E-state index >= 15 is 0 Å². The van der Waals surface area contributed by atoms with Crippen LogP contribution in [0.5, 0.6) is 5.75 Å². The van der Waals surface area contributed by atoms with E-state index in [1.165, 1.54) is 0 Å². The molecule has 0 saturated carbocycles. The number of aromatic hydroxyl groups is 1. The third-order valence-electron chi connectivity index (χ3n) is 3.16. The maximum atomic E-state index is 10.9. The Morgan fingerprint density at radius 1 is 1.30 bits per heavy atom. The lowest BCUT2D eigenvalue weighted by atomic mass is 9.96. The van der Waals surface area contributed by atoms with Crippen LogP contribution in [0, 0.1) is 0 Å². The highest BCUT2D eigenvalue weighted by molar-refractivity contribution is 6.06. The zero-order chi connectivity index (χ0) is 14.5. The van der Waals surface area contributed by atoms with Crippen molar-refractivity contribution in [1.82, 2.24) is 0 Å². The summed E-state index contributed by atoms with van der Waals surface area (Å²) in [5.74, 6) is -0.728. The van der Waals surface area contributed by atoms with E-state index in [9.17, 15) is 9.90 Å². The molecule has 4 nitrogen and oxygen atoms in total. The second-order valence-electron chi connectivity index (χ2n) is 4.70. The number of phenolic OH excluding ortho intramolecular Hbond substituents is 1. The lowest BCUT2D eigenvalue weighted by Crippen LogP contribution is -2.17. The maximum Gasteiger partial charge on any atom is 0.328 e. The van der Waals surface area contributed by atoms with Gasteiger partial charge in [-0.25, -0.2) is 4.79 Å². The van der Waals surface area contributed by atoms with E-state index < -0.39 is 12.0 Å². The van der Waals surface area contributed by atoms with Crippen LogP contribution < -0.4 is 0 Å². The summed E-state index contributed by atoms with van der Waals surface area (Å²) in [4.78, 5) is 15.2. The Bertz CT molecular complexity index is 599. The first-order valence-corrected chi connectivity index (χ1v) is 6.51. The Kier molecular flexibility index (Phi) is 4.35. The first kappa shape index (κ1) is 14.1. The summed E-state index contributed by atoms with van der Waals surface area (Å²) >= 11 is 0. The SMILES string of the molecule is C[C@H](N=C1CC=CCC1=Cc1ccccc1O)C(=O)O. The molecule has 2 N–H and O–H groups in total. The van der Waals surface area contributed by atoms with Crippen LogP contribution in [-0.4, -0.2) is 27.9 Å². The van der Waals surface area contributed by atoms with Crippen molar-refractivity contribution in [3.8, 4) is 5.75 Å². The monoisotopic (exact) mass is 271 g/mol. The van der Waals surface area contributed by atoms with Gasteiger partial charge in [0.25, 0.3) is 0 Å². The summed E-state index contributed by atoms with van der Waals surface area (Å²) in [6.45, 7) is 1.56. The number of carbonyl (C=O) groups is 1. The number of rotatable bonds is 3. The molecule has 0 unspecified atom stereocenters. The van der Waals surface area contributed by atoms with Crippen molar-refractivity contribution in [2.45, 2.75) is 25.8 Å². The Hall–Kier alpha value is -2.36. The van der Waals surface area contributed by atoms with Crippen LogP contribution >= 0.6 is 0 Å². The number of phenols is 1. The number of carboxylic acids is 1. The Labute approximate surface area is 117 Å². The lowest BCUT2D eigenvalue weighted by Gasteiger charge is -2.14. The average molecular weight is 271 g/mol. The van der Waals surface area contributed by atoms with E-state index in [4.69, 9.17) is 5.11 Å². The van der Waals surface area contributed by atoms with Gasteiger partial charge in [0.1, 0.15) is 11.8 Å². The molecular formula is C16H17NO3. The van der Waals surface area contributed by atoms with Gasteiger partial charge < -0.3 is 10.2 Å². The van der Waals surface area contributed by atoms with Gasteiger partial charge in [0, 0.05) is 17.7 Å². The minimum atomic E-state index is -0.936. The molecule has 1 aliphatic carbocycles. The second-order valence-corrected chi connectivity index (χ2v) is 4.70. The zero-order valence-corrected chi connectivity index (χ0v) is 11.3. The van der Waals surface area contributed by atoms with Gasteiger partial charge >= 0.3 is 5.97 Å². The number of hydrogen-bond acceptors (Lipinski definition) is 3. The molecule has 0 fully saturated rings. The van der Waals surface area contributed by atoms with Gasteiger partial charge in [0.2, 0.25) is 0 Å². The normalized spacial score (nSPS) is 20.2. The molecule has 0 bridgehead atoms. The van der Waals surface area contributed by atoms with Crippen LogP contribution in [0.2, 0.25) is 0 Å². The minimum absolute atomic E-state index is 0.209. The molecule has 1 aliphatic rings. The van der Waals surface area contributed by atoms with Crippen LogP contribution in [-0.2, 0) is 4.79 Å². The maximum absolute atomic E-state index is 10.9. The average Bonchev–Trinajstić information content (AvgIpc) is 2.43. The van der Waals surface area contributed by atoms with Gasteiger partial charge in [0.15, 0.2) is 0 Å². The van der Waals surface area contributed by atoms with E-state index in [1.807, 2.05) is 30.4 Å². The number of aliphatic imine (C=N–C) groups is 1. The third kappa shape index (κ3) is 3.35. The van der Waals surface area contributed by atoms with Crippen molar-refractivity contribution in [3.05, 3.63) is 47.6 Å². The number of para-hydroxylation sites is 1. The van der Waals surface area contributed by atoms with Gasteiger partial charge in [-0.3, -0.25) is 4.99 Å². The number of hydrogen-bond donors (Lipinski definition) is 2. The van der Waals surface area contributed by atoms with E-state index in [2.05, 4.69) is 4.99 Å². The van der Waals surface area contributed by atoms with Crippen molar-refractivity contribution < 1.29 is 15.0 Å². The molecule has 1 aromatic rings. The smallest absolute Gasteiger partial charge is 0.328 e. The number of allylic oxidation sites excluding steroid dienone is 3. The number of carboxylic acid groups (broad SMARTS) is 1. The highest BCUT2D eigenvalue weighted by Crippen LogP contribution is 2.24. The topological polar surface area (TPSA) is 69.9 Å². The fourth-order valence-electron chi connectivity index (χ4n) is 2.02. The Balaban J connectivity index is 2.35. The zero-order valence-electron chi connectivity index (χ0n) is 11.3. The predicted octanol–water partition coefficient (Wildman–Crippen LogP) is 3.04. The molecule has 1 aromatic carbocycles. The molecule has 0 saturated heterocycles. The standard InChI is InChI=1S/C16H17NO3/c1-11(16(19)20)17-14-8-4-2-6-12(14)10-13-7-3-5-9-15(13)18/h2-5,7,9-11,18H,6,8H2,1H3,(H,19,20)/t11-/m0/s1. The van der Waals surface area contributed by atoms with Gasteiger partial charge in [-0.1, -0.05) is 30.4 Å². The molecule has 104 valence electrons. The predicted molar refractivity (Wildman–Crippen MR) is 79.0 cm³/mol. The van der Waals surface area contributed by atoms with Crippen LogP contribution in [0.3, 0.4) is 0 Å². The summed E-state index contributed by atoms with van der Waals surface area (Å²) in [6.07, 6.45) is 7.19. The van der Waals surface area contributed by atoms with Gasteiger partial charge in [-0.2, -0.15) is 0 Å². The summed E-state index contributed by atoms with van der Waals surface area (Å²) in [5, 5.41) is 18.7. The van der Waals surface area contributed by atoms with Gasteiger partial charge in [0.05, 0.1) is 0 Å². The van der Waals surface area contributed by atoms with Crippen LogP contribution in [0.1, 0.15) is 25.3 Å². The molecule has 0 heterocycles. The van der Waals surface area contributed by atoms with Crippen molar-refractivity contribution in [2.75, 3.05) is 0 Å². The van der Waals surface area contributed by atoms with E-state index in [0.29, 0.717) is 18.4 Å². The molecule has 0 amide bonds. The highest BCUT2D eigenvalue weighted by atomic mass is 16.4. The summed E-state index contributed by atoms with van der Waals surface area (Å²) in [7, 11) is 0. The molecule has 0 radical (unpaired) electrons. The number of benzene rings is 1. The van der Waals surface area contributed by atoms with Crippen LogP contribution in [0.25, 0.3) is 6.08 Å². The minimum Gasteiger partial charge on any atom is -0.507 e. The number of aliphatic carboxylic acids is 1. The molecule has 2 rings (SSSR count). The van der Waals surface area contributed by atoms with Crippen molar-refractivity contribution in [3.63, 3.8) is 0 Å². The third-order valence-corrected chi connectivity index (χ3v) is 3.16. The van der Waals surface area contributed by atoms with E-state index in [0.717, 1.165) is 11.3 Å². The fraction of sp³-hybridized carbons (Fsp3) is 0.250. The van der Waals surface area contributed by atoms with E-state index in [1.54, 1.807) is 19.1 Å². The van der Waals surface area contributed by atoms with Crippen molar-refractivity contribution in [2.24, 2.45) is 4.99 Å². The van der Waals surface area contributed by atoms with Crippen LogP contribution in [0.15, 0.2) is 47.0 Å². The largest absolute Gasteiger partial charge is 0.507 e. The molecule has 0 spiro atoms. The van der Waals surface area contributed by atoms with Crippen molar-refractivity contribution in [1.29, 1.82) is 0 Å². The summed E-state index contributed by atoms with van der Waals surface area (Å²) in [5.41, 5.74) is 2.43. The molecule has 0 aliphatic heterocycles. The fourth-order valence-corrected chi connectivity index (χ4v) is 2.02. The Morgan fingerprint density at radius 2 is 2.00 bits per heavy atom. The molecule has 20 heavy (non-hydrogen) atoms. The first-order chi connectivity index (χ1) is 9.58. The first-order valence-electron chi connectivity index (χ1n) is 6.51.